The topological polar surface area (TPSA) is 43.6 Å². The molecule has 0 spiro atoms. The van der Waals surface area contributed by atoms with Gasteiger partial charge in [-0.1, -0.05) is 115 Å². The maximum atomic E-state index is 6.44. The van der Waals surface area contributed by atoms with Gasteiger partial charge in [-0.2, -0.15) is 9.97 Å². The summed E-state index contributed by atoms with van der Waals surface area (Å²) >= 11 is 6.44. The third-order valence-electron chi connectivity index (χ3n) is 8.00. The van der Waals surface area contributed by atoms with Crippen LogP contribution in [-0.2, 0) is 0 Å². The Morgan fingerprint density at radius 1 is 0.386 bits per heavy atom. The summed E-state index contributed by atoms with van der Waals surface area (Å²) in [6.45, 7) is 0. The van der Waals surface area contributed by atoms with E-state index >= 15 is 0 Å². The number of hydrogen-bond donors (Lipinski definition) is 0. The second-order valence-electron chi connectivity index (χ2n) is 10.7. The van der Waals surface area contributed by atoms with Crippen molar-refractivity contribution in [3.05, 3.63) is 157 Å². The normalized spacial score (nSPS) is 11.3. The van der Waals surface area contributed by atoms with E-state index < -0.39 is 0 Å². The third-order valence-corrected chi connectivity index (χ3v) is 8.17. The molecule has 0 aliphatic carbocycles. The summed E-state index contributed by atoms with van der Waals surface area (Å²) in [5.41, 5.74) is 9.74. The van der Waals surface area contributed by atoms with Crippen molar-refractivity contribution in [2.24, 2.45) is 0 Å². The maximum Gasteiger partial charge on any atom is 0.226 e. The summed E-state index contributed by atoms with van der Waals surface area (Å²) in [5.74, 6) is 1.08. The first-order valence-corrected chi connectivity index (χ1v) is 14.9. The van der Waals surface area contributed by atoms with E-state index in [0.29, 0.717) is 11.6 Å². The molecule has 0 bridgehead atoms. The van der Waals surface area contributed by atoms with Crippen LogP contribution >= 0.6 is 11.6 Å². The largest absolute Gasteiger partial charge is 0.309 e. The van der Waals surface area contributed by atoms with Gasteiger partial charge in [0.25, 0.3) is 0 Å². The van der Waals surface area contributed by atoms with Crippen LogP contribution in [0.15, 0.2) is 152 Å². The van der Waals surface area contributed by atoms with Gasteiger partial charge in [0, 0.05) is 27.6 Å². The van der Waals surface area contributed by atoms with Crippen LogP contribution in [0.1, 0.15) is 0 Å². The fourth-order valence-electron chi connectivity index (χ4n) is 5.90. The number of rotatable bonds is 5. The molecule has 0 unspecified atom stereocenters. The van der Waals surface area contributed by atoms with Crippen molar-refractivity contribution in [3.8, 4) is 50.7 Å². The summed E-state index contributed by atoms with van der Waals surface area (Å²) in [7, 11) is 0. The van der Waals surface area contributed by atoms with E-state index in [0.717, 1.165) is 39.1 Å². The summed E-state index contributed by atoms with van der Waals surface area (Å²) in [6, 6.07) is 52.5. The second kappa shape index (κ2) is 10.9. The van der Waals surface area contributed by atoms with E-state index in [1.807, 2.05) is 48.5 Å². The highest BCUT2D eigenvalue weighted by molar-refractivity contribution is 6.28. The van der Waals surface area contributed by atoms with E-state index in [1.54, 1.807) is 0 Å². The highest BCUT2D eigenvalue weighted by Crippen LogP contribution is 2.35. The molecule has 0 atom stereocenters. The number of hydrogen-bond acceptors (Lipinski definition) is 3. The lowest BCUT2D eigenvalue weighted by Crippen LogP contribution is -1.97. The van der Waals surface area contributed by atoms with Crippen LogP contribution in [0.3, 0.4) is 0 Å². The molecule has 208 valence electrons. The molecular formula is C39H25ClN4. The molecule has 0 amide bonds. The minimum atomic E-state index is 0.165. The zero-order valence-corrected chi connectivity index (χ0v) is 24.4. The molecule has 2 heterocycles. The van der Waals surface area contributed by atoms with Gasteiger partial charge in [0.15, 0.2) is 11.6 Å². The maximum absolute atomic E-state index is 6.44. The van der Waals surface area contributed by atoms with Gasteiger partial charge in [-0.25, -0.2) is 4.98 Å². The highest BCUT2D eigenvalue weighted by Gasteiger charge is 2.14. The molecule has 0 aliphatic rings. The van der Waals surface area contributed by atoms with Crippen molar-refractivity contribution in [2.45, 2.75) is 0 Å². The quantitative estimate of drug-likeness (QED) is 0.202. The highest BCUT2D eigenvalue weighted by atomic mass is 35.5. The predicted octanol–water partition coefficient (Wildman–Crippen LogP) is 10.3. The van der Waals surface area contributed by atoms with Crippen molar-refractivity contribution >= 4 is 33.4 Å². The van der Waals surface area contributed by atoms with E-state index in [1.165, 1.54) is 21.8 Å². The van der Waals surface area contributed by atoms with E-state index in [9.17, 15) is 0 Å². The monoisotopic (exact) mass is 584 g/mol. The van der Waals surface area contributed by atoms with Gasteiger partial charge in [-0.05, 0) is 70.3 Å². The lowest BCUT2D eigenvalue weighted by atomic mass is 10.0. The lowest BCUT2D eigenvalue weighted by molar-refractivity contribution is 1.07. The Morgan fingerprint density at radius 3 is 1.73 bits per heavy atom. The molecule has 0 radical (unpaired) electrons. The van der Waals surface area contributed by atoms with Crippen LogP contribution in [0.25, 0.3) is 72.5 Å². The van der Waals surface area contributed by atoms with Crippen LogP contribution in [0.2, 0.25) is 5.28 Å². The molecule has 5 heteroatoms. The zero-order chi connectivity index (χ0) is 29.5. The number of para-hydroxylation sites is 2. The van der Waals surface area contributed by atoms with E-state index in [4.69, 9.17) is 16.6 Å². The molecule has 8 rings (SSSR count). The second-order valence-corrected chi connectivity index (χ2v) is 11.0. The Kier molecular flexibility index (Phi) is 6.47. The Labute approximate surface area is 259 Å². The third kappa shape index (κ3) is 4.72. The number of halogens is 1. The molecule has 44 heavy (non-hydrogen) atoms. The van der Waals surface area contributed by atoms with Crippen molar-refractivity contribution in [3.63, 3.8) is 0 Å². The van der Waals surface area contributed by atoms with E-state index in [-0.39, 0.29) is 5.28 Å². The smallest absolute Gasteiger partial charge is 0.226 e. The number of aromatic nitrogens is 4. The Hall–Kier alpha value is -5.58. The van der Waals surface area contributed by atoms with Gasteiger partial charge < -0.3 is 4.57 Å². The molecule has 6 aromatic carbocycles. The summed E-state index contributed by atoms with van der Waals surface area (Å²) in [6.07, 6.45) is 0. The Bertz CT molecular complexity index is 2270. The van der Waals surface area contributed by atoms with Gasteiger partial charge in [0.1, 0.15) is 0 Å². The number of fused-ring (bicyclic) bond motifs is 3. The molecule has 0 aliphatic heterocycles. The van der Waals surface area contributed by atoms with Crippen LogP contribution in [-0.4, -0.2) is 19.5 Å². The Balaban J connectivity index is 1.18. The van der Waals surface area contributed by atoms with Crippen LogP contribution < -0.4 is 0 Å². The van der Waals surface area contributed by atoms with Gasteiger partial charge >= 0.3 is 0 Å². The lowest BCUT2D eigenvalue weighted by Gasteiger charge is -2.09. The fraction of sp³-hybridized carbons (Fsp3) is 0. The summed E-state index contributed by atoms with van der Waals surface area (Å²) in [4.78, 5) is 13.8. The number of benzene rings is 6. The zero-order valence-electron chi connectivity index (χ0n) is 23.6. The van der Waals surface area contributed by atoms with Gasteiger partial charge in [-0.15, -0.1) is 0 Å². The average Bonchev–Trinajstić information content (AvgIpc) is 3.43. The van der Waals surface area contributed by atoms with Crippen molar-refractivity contribution < 1.29 is 0 Å². The van der Waals surface area contributed by atoms with Crippen LogP contribution in [0.5, 0.6) is 0 Å². The summed E-state index contributed by atoms with van der Waals surface area (Å²) < 4.78 is 2.32. The SMILES string of the molecule is Clc1nc(-c2ccc(-c3ccccc3)cc2)nc(-c2cccc(-c3ccc4c(c3)c3ccccc3n4-c3ccccc3)c2)n1. The first-order chi connectivity index (χ1) is 21.7. The van der Waals surface area contributed by atoms with Crippen LogP contribution in [0.4, 0.5) is 0 Å². The van der Waals surface area contributed by atoms with Crippen LogP contribution in [0, 0.1) is 0 Å². The van der Waals surface area contributed by atoms with Gasteiger partial charge in [0.05, 0.1) is 11.0 Å². The van der Waals surface area contributed by atoms with Gasteiger partial charge in [-0.3, -0.25) is 0 Å². The molecular weight excluding hydrogens is 560 g/mol. The molecule has 0 saturated heterocycles. The van der Waals surface area contributed by atoms with Crippen molar-refractivity contribution in [2.75, 3.05) is 0 Å². The standard InChI is InChI=1S/C39H25ClN4/c40-39-42-37(28-20-18-27(19-21-28)26-10-3-1-4-11-26)41-38(43-39)31-13-9-12-29(24-31)30-22-23-36-34(25-30)33-16-7-8-17-35(33)44(36)32-14-5-2-6-15-32/h1-25H. The molecule has 8 aromatic rings. The van der Waals surface area contributed by atoms with Gasteiger partial charge in [0.2, 0.25) is 5.28 Å². The first kappa shape index (κ1) is 26.1. The van der Waals surface area contributed by atoms with Crippen molar-refractivity contribution in [1.29, 1.82) is 0 Å². The number of nitrogens with zero attached hydrogens (tertiary/aromatic N) is 4. The van der Waals surface area contributed by atoms with E-state index in [2.05, 4.69) is 118 Å². The fourth-order valence-corrected chi connectivity index (χ4v) is 6.06. The minimum absolute atomic E-state index is 0.165. The molecule has 4 nitrogen and oxygen atoms in total. The molecule has 0 N–H and O–H groups in total. The minimum Gasteiger partial charge on any atom is -0.309 e. The Morgan fingerprint density at radius 2 is 0.932 bits per heavy atom. The molecule has 0 fully saturated rings. The summed E-state index contributed by atoms with van der Waals surface area (Å²) in [5, 5.41) is 2.59. The van der Waals surface area contributed by atoms with Crippen molar-refractivity contribution in [1.82, 2.24) is 19.5 Å². The average molecular weight is 585 g/mol. The molecule has 2 aromatic heterocycles. The molecule has 0 saturated carbocycles. The predicted molar refractivity (Wildman–Crippen MR) is 181 cm³/mol. The first-order valence-electron chi connectivity index (χ1n) is 14.5.